The molecule has 3 heterocycles. The van der Waals surface area contributed by atoms with Gasteiger partial charge in [-0.25, -0.2) is 16.4 Å². The van der Waals surface area contributed by atoms with Gasteiger partial charge in [0.05, 0.1) is 18.2 Å². The van der Waals surface area contributed by atoms with E-state index in [1.165, 1.54) is 0 Å². The Morgan fingerprint density at radius 1 is 1.33 bits per heavy atom. The van der Waals surface area contributed by atoms with Crippen molar-refractivity contribution in [3.05, 3.63) is 58.0 Å². The van der Waals surface area contributed by atoms with E-state index in [-0.39, 0.29) is 18.1 Å². The average molecular weight is 426 g/mol. The summed E-state index contributed by atoms with van der Waals surface area (Å²) in [5, 5.41) is 7.69. The first kappa shape index (κ1) is 20.4. The Balaban J connectivity index is 1.76. The molecule has 2 aromatic rings. The molecule has 30 heavy (non-hydrogen) atoms. The number of likely N-dealkylation sites (tertiary alicyclic amines) is 1. The number of aromatic amines is 1. The van der Waals surface area contributed by atoms with Gasteiger partial charge in [0, 0.05) is 17.1 Å². The lowest BCUT2D eigenvalue weighted by Gasteiger charge is -2.32. The van der Waals surface area contributed by atoms with Gasteiger partial charge in [0.2, 0.25) is 0 Å². The van der Waals surface area contributed by atoms with Crippen LogP contribution in [-0.4, -0.2) is 51.1 Å². The second kappa shape index (κ2) is 7.77. The van der Waals surface area contributed by atoms with Crippen LogP contribution >= 0.6 is 11.6 Å². The molecule has 1 N–H and O–H groups in total. The molecular weight excluding hydrogens is 402 g/mol. The molecule has 0 saturated carbocycles. The molecule has 8 heteroatoms. The van der Waals surface area contributed by atoms with Gasteiger partial charge in [-0.15, -0.1) is 0 Å². The maximum Gasteiger partial charge on any atom is 0.410 e. The standard InChI is InChI=1S/C22H24ClN5O2/c1-22(2,3)30-21(29)28-11-7-10-16(28)18-19(24-4)17(13-8-5-6-9-15(13)23)14-12-25-27-20(14)26-18/h5-6,8-9,12,16-17,19H,7,10-11H2,1-3H3,(H,25,27). The lowest BCUT2D eigenvalue weighted by Crippen LogP contribution is -2.48. The number of halogens is 1. The van der Waals surface area contributed by atoms with Crippen molar-refractivity contribution in [3.8, 4) is 0 Å². The lowest BCUT2D eigenvalue weighted by molar-refractivity contribution is 0.0264. The van der Waals surface area contributed by atoms with Crippen molar-refractivity contribution < 1.29 is 9.53 Å². The molecule has 2 aliphatic heterocycles. The maximum atomic E-state index is 12.8. The van der Waals surface area contributed by atoms with E-state index in [0.29, 0.717) is 23.1 Å². The van der Waals surface area contributed by atoms with E-state index in [1.807, 2.05) is 45.0 Å². The Morgan fingerprint density at radius 3 is 2.80 bits per heavy atom. The highest BCUT2D eigenvalue weighted by Crippen LogP contribution is 2.43. The Bertz CT molecular complexity index is 1030. The number of ether oxygens (including phenoxy) is 1. The van der Waals surface area contributed by atoms with Crippen molar-refractivity contribution in [1.82, 2.24) is 15.1 Å². The second-order valence-electron chi connectivity index (χ2n) is 8.62. The Morgan fingerprint density at radius 2 is 2.10 bits per heavy atom. The second-order valence-corrected chi connectivity index (χ2v) is 9.02. The monoisotopic (exact) mass is 425 g/mol. The van der Waals surface area contributed by atoms with Gasteiger partial charge in [-0.1, -0.05) is 29.8 Å². The van der Waals surface area contributed by atoms with Crippen LogP contribution in [0.15, 0.2) is 35.5 Å². The molecule has 7 nitrogen and oxygen atoms in total. The zero-order valence-electron chi connectivity index (χ0n) is 17.2. The fourth-order valence-electron chi connectivity index (χ4n) is 4.23. The molecule has 0 spiro atoms. The number of H-pyrrole nitrogens is 1. The van der Waals surface area contributed by atoms with Crippen LogP contribution in [-0.2, 0) is 4.74 Å². The summed E-state index contributed by atoms with van der Waals surface area (Å²) in [5.74, 6) is 0.310. The van der Waals surface area contributed by atoms with Crippen molar-refractivity contribution in [2.24, 2.45) is 4.99 Å². The van der Waals surface area contributed by atoms with E-state index in [9.17, 15) is 4.79 Å². The van der Waals surface area contributed by atoms with Crippen LogP contribution in [0, 0.1) is 6.57 Å². The molecule has 156 valence electrons. The molecule has 4 rings (SSSR count). The topological polar surface area (TPSA) is 74.9 Å². The number of carbonyl (C=O) groups excluding carboxylic acids is 1. The van der Waals surface area contributed by atoms with Crippen molar-refractivity contribution in [3.63, 3.8) is 0 Å². The predicted octanol–water partition coefficient (Wildman–Crippen LogP) is 4.97. The number of nitrogens with one attached hydrogen (secondary N) is 1. The third-order valence-electron chi connectivity index (χ3n) is 5.44. The van der Waals surface area contributed by atoms with E-state index in [2.05, 4.69) is 15.0 Å². The molecule has 1 saturated heterocycles. The van der Waals surface area contributed by atoms with Crippen LogP contribution in [0.1, 0.15) is 50.7 Å². The number of fused-ring (bicyclic) bond motifs is 1. The third kappa shape index (κ3) is 3.68. The number of hydrogen-bond donors (Lipinski definition) is 1. The number of amides is 1. The third-order valence-corrected chi connectivity index (χ3v) is 5.79. The minimum atomic E-state index is -0.589. The lowest BCUT2D eigenvalue weighted by atomic mass is 9.80. The number of hydrogen-bond acceptors (Lipinski definition) is 4. The highest BCUT2D eigenvalue weighted by molar-refractivity contribution is 6.31. The first-order valence-electron chi connectivity index (χ1n) is 10.0. The summed E-state index contributed by atoms with van der Waals surface area (Å²) in [6.45, 7) is 14.1. The molecule has 0 radical (unpaired) electrons. The van der Waals surface area contributed by atoms with Crippen LogP contribution in [0.3, 0.4) is 0 Å². The normalized spacial score (nSPS) is 23.5. The van der Waals surface area contributed by atoms with Gasteiger partial charge in [-0.05, 0) is 45.2 Å². The molecule has 2 aliphatic rings. The molecule has 3 atom stereocenters. The Labute approximate surface area is 180 Å². The number of benzene rings is 1. The van der Waals surface area contributed by atoms with Crippen molar-refractivity contribution in [2.75, 3.05) is 6.54 Å². The van der Waals surface area contributed by atoms with Gasteiger partial charge in [0.15, 0.2) is 5.82 Å². The van der Waals surface area contributed by atoms with Crippen molar-refractivity contribution in [1.29, 1.82) is 0 Å². The summed E-state index contributed by atoms with van der Waals surface area (Å²) >= 11 is 6.51. The van der Waals surface area contributed by atoms with Gasteiger partial charge in [0.25, 0.3) is 6.04 Å². The summed E-state index contributed by atoms with van der Waals surface area (Å²) in [6.07, 6.45) is 2.91. The molecular formula is C22H24ClN5O2. The summed E-state index contributed by atoms with van der Waals surface area (Å²) in [4.78, 5) is 23.3. The number of aromatic nitrogens is 2. The molecule has 1 aromatic heterocycles. The quantitative estimate of drug-likeness (QED) is 0.690. The van der Waals surface area contributed by atoms with Crippen molar-refractivity contribution >= 4 is 29.2 Å². The molecule has 0 aliphatic carbocycles. The highest BCUT2D eigenvalue weighted by Gasteiger charge is 2.47. The summed E-state index contributed by atoms with van der Waals surface area (Å²) in [7, 11) is 0. The van der Waals surface area contributed by atoms with E-state index in [0.717, 1.165) is 24.0 Å². The maximum absolute atomic E-state index is 12.8. The van der Waals surface area contributed by atoms with Gasteiger partial charge < -0.3 is 9.58 Å². The molecule has 3 unspecified atom stereocenters. The summed E-state index contributed by atoms with van der Waals surface area (Å²) < 4.78 is 5.61. The number of rotatable bonds is 2. The van der Waals surface area contributed by atoms with Crippen LogP contribution in [0.5, 0.6) is 0 Å². The zero-order valence-corrected chi connectivity index (χ0v) is 18.0. The van der Waals surface area contributed by atoms with Crippen molar-refractivity contribution in [2.45, 2.75) is 57.2 Å². The van der Waals surface area contributed by atoms with E-state index < -0.39 is 11.6 Å². The zero-order chi connectivity index (χ0) is 21.5. The minimum Gasteiger partial charge on any atom is -0.444 e. The predicted molar refractivity (Wildman–Crippen MR) is 115 cm³/mol. The summed E-state index contributed by atoms with van der Waals surface area (Å²) in [6, 6.07) is 6.67. The average Bonchev–Trinajstić information content (AvgIpc) is 3.35. The van der Waals surface area contributed by atoms with E-state index in [4.69, 9.17) is 27.9 Å². The number of nitrogens with zero attached hydrogens (tertiary/aromatic N) is 4. The van der Waals surface area contributed by atoms with Crippen LogP contribution in [0.25, 0.3) is 4.85 Å². The van der Waals surface area contributed by atoms with Crippen LogP contribution in [0.2, 0.25) is 5.02 Å². The van der Waals surface area contributed by atoms with Gasteiger partial charge in [-0.3, -0.25) is 10.00 Å². The first-order chi connectivity index (χ1) is 14.3. The fraction of sp³-hybridized carbons (Fsp3) is 0.455. The molecule has 1 amide bonds. The summed E-state index contributed by atoms with van der Waals surface area (Å²) in [5.41, 5.74) is 1.77. The smallest absolute Gasteiger partial charge is 0.410 e. The Kier molecular flexibility index (Phi) is 5.29. The molecule has 1 fully saturated rings. The van der Waals surface area contributed by atoms with Gasteiger partial charge in [0.1, 0.15) is 11.3 Å². The molecule has 1 aromatic carbocycles. The number of carbonyl (C=O) groups is 1. The van der Waals surface area contributed by atoms with Gasteiger partial charge >= 0.3 is 6.09 Å². The van der Waals surface area contributed by atoms with Crippen LogP contribution < -0.4 is 0 Å². The van der Waals surface area contributed by atoms with E-state index >= 15 is 0 Å². The molecule has 0 bridgehead atoms. The Hall–Kier alpha value is -2.85. The SMILES string of the molecule is [C-]#[N+]C1C(C2CCCN2C(=O)OC(C)(C)C)=Nc2[nH]ncc2C1c1ccccc1Cl. The fourth-order valence-corrected chi connectivity index (χ4v) is 4.49. The largest absolute Gasteiger partial charge is 0.444 e. The highest BCUT2D eigenvalue weighted by atomic mass is 35.5. The van der Waals surface area contributed by atoms with Crippen LogP contribution in [0.4, 0.5) is 10.6 Å². The number of aliphatic imine (C=N–C) groups is 1. The first-order valence-corrected chi connectivity index (χ1v) is 10.4. The minimum absolute atomic E-state index is 0.291. The van der Waals surface area contributed by atoms with E-state index in [1.54, 1.807) is 11.1 Å². The van der Waals surface area contributed by atoms with Gasteiger partial charge in [-0.2, -0.15) is 5.10 Å².